The molecule has 1 aliphatic rings. The zero-order chi connectivity index (χ0) is 38.5. The normalized spacial score (nSPS) is 13.1. The molecule has 0 saturated heterocycles. The Bertz CT molecular complexity index is 2240. The van der Waals surface area contributed by atoms with Crippen LogP contribution in [0.3, 0.4) is 0 Å². The van der Waals surface area contributed by atoms with E-state index < -0.39 is 39.2 Å². The molecule has 2 heterocycles. The van der Waals surface area contributed by atoms with Crippen LogP contribution in [0.4, 0.5) is 10.7 Å². The quantitative estimate of drug-likeness (QED) is 0.0491. The molecular weight excluding hydrogens is 812 g/mol. The monoisotopic (exact) mass is 841 g/mol. The van der Waals surface area contributed by atoms with Crippen LogP contribution in [0.5, 0.6) is 0 Å². The molecule has 5 aromatic rings. The van der Waals surface area contributed by atoms with Gasteiger partial charge in [-0.1, -0.05) is 113 Å². The Morgan fingerprint density at radius 1 is 0.852 bits per heavy atom. The van der Waals surface area contributed by atoms with E-state index in [1.54, 1.807) is 31.2 Å². The number of carbonyl (C=O) groups is 4. The number of esters is 1. The summed E-state index contributed by atoms with van der Waals surface area (Å²) >= 11 is 27.3. The topological polar surface area (TPSA) is 125 Å². The van der Waals surface area contributed by atoms with Gasteiger partial charge in [-0.15, -0.1) is 23.1 Å². The molecule has 0 aliphatic carbocycles. The predicted octanol–water partition coefficient (Wildman–Crippen LogP) is 10.5. The van der Waals surface area contributed by atoms with Gasteiger partial charge in [-0.2, -0.15) is 0 Å². The van der Waals surface area contributed by atoms with Gasteiger partial charge in [0.25, 0.3) is 5.91 Å². The molecule has 0 radical (unpaired) electrons. The number of rotatable bonds is 12. The molecule has 0 saturated carbocycles. The summed E-state index contributed by atoms with van der Waals surface area (Å²) < 4.78 is 5.46. The van der Waals surface area contributed by atoms with E-state index >= 15 is 0 Å². The number of carboxylic acids is 1. The van der Waals surface area contributed by atoms with Gasteiger partial charge in [0.2, 0.25) is 5.91 Å². The first-order valence-corrected chi connectivity index (χ1v) is 19.8. The SMILES string of the molecule is CCOC(=O)c1c(NC(=O)C(Sc2cccc(NC(=O)c3c(Cl)c(Cl)c(Cl)c(Cl)c3C(=O)O)c2)c2ccccc2)sc2c1CCN(Cc1ccccc1)C2. The van der Waals surface area contributed by atoms with Crippen LogP contribution in [0.15, 0.2) is 89.8 Å². The van der Waals surface area contributed by atoms with Gasteiger partial charge in [0.15, 0.2) is 0 Å². The summed E-state index contributed by atoms with van der Waals surface area (Å²) in [6.45, 7) is 4.06. The minimum Gasteiger partial charge on any atom is -0.478 e. The average Bonchev–Trinajstić information content (AvgIpc) is 3.52. The van der Waals surface area contributed by atoms with Crippen LogP contribution in [0.25, 0.3) is 0 Å². The third-order valence-electron chi connectivity index (χ3n) is 8.50. The number of thiophene rings is 1. The Labute approximate surface area is 339 Å². The number of ether oxygens (including phenoxy) is 1. The van der Waals surface area contributed by atoms with E-state index in [-0.39, 0.29) is 33.3 Å². The van der Waals surface area contributed by atoms with Crippen LogP contribution in [0.2, 0.25) is 20.1 Å². The van der Waals surface area contributed by atoms with E-state index in [4.69, 9.17) is 51.1 Å². The number of nitrogens with zero attached hydrogens (tertiary/aromatic N) is 1. The number of carboxylic acid groups (broad SMARTS) is 1. The van der Waals surface area contributed by atoms with Gasteiger partial charge in [0.1, 0.15) is 10.3 Å². The highest BCUT2D eigenvalue weighted by atomic mass is 35.5. The summed E-state index contributed by atoms with van der Waals surface area (Å²) in [5, 5.41) is 13.8. The molecule has 278 valence electrons. The first kappa shape index (κ1) is 39.6. The largest absolute Gasteiger partial charge is 0.478 e. The molecule has 1 atom stereocenters. The van der Waals surface area contributed by atoms with Crippen molar-refractivity contribution in [2.45, 2.75) is 36.6 Å². The van der Waals surface area contributed by atoms with E-state index in [1.807, 2.05) is 48.5 Å². The maximum absolute atomic E-state index is 14.3. The molecule has 6 rings (SSSR count). The van der Waals surface area contributed by atoms with Crippen molar-refractivity contribution in [1.29, 1.82) is 0 Å². The number of hydrogen-bond donors (Lipinski definition) is 3. The fourth-order valence-corrected chi connectivity index (χ4v) is 9.42. The maximum atomic E-state index is 14.3. The number of hydrogen-bond acceptors (Lipinski definition) is 8. The zero-order valence-electron chi connectivity index (χ0n) is 28.5. The second-order valence-electron chi connectivity index (χ2n) is 12.1. The Morgan fingerprint density at radius 3 is 2.19 bits per heavy atom. The Hall–Kier alpha value is -4.07. The Kier molecular flexibility index (Phi) is 12.9. The number of fused-ring (bicyclic) bond motifs is 1. The summed E-state index contributed by atoms with van der Waals surface area (Å²) in [5.41, 5.74) is 2.39. The van der Waals surface area contributed by atoms with Crippen molar-refractivity contribution >= 4 is 104 Å². The number of anilines is 2. The fraction of sp³-hybridized carbons (Fsp3) is 0.179. The summed E-state index contributed by atoms with van der Waals surface area (Å²) in [7, 11) is 0. The van der Waals surface area contributed by atoms with Gasteiger partial charge < -0.3 is 20.5 Å². The Balaban J connectivity index is 1.27. The summed E-state index contributed by atoms with van der Waals surface area (Å²) in [4.78, 5) is 57.1. The third kappa shape index (κ3) is 8.74. The number of benzene rings is 4. The molecule has 54 heavy (non-hydrogen) atoms. The first-order valence-electron chi connectivity index (χ1n) is 16.6. The summed E-state index contributed by atoms with van der Waals surface area (Å²) in [6, 6.07) is 26.0. The van der Waals surface area contributed by atoms with Gasteiger partial charge >= 0.3 is 11.9 Å². The average molecular weight is 844 g/mol. The molecule has 2 amide bonds. The standard InChI is InChI=1S/C39H31Cl4N3O6S2/c1-2-52-39(51)27-25-16-17-46(19-21-10-5-3-6-11-21)20-26(25)54-37(27)45-36(48)34(22-12-7-4-8-13-22)53-24-15-9-14-23(18-24)44-35(47)28-29(38(49)50)31(41)33(43)32(42)30(28)40/h3-15,18,34H,2,16-17,19-20H2,1H3,(H,44,47)(H,45,48)(H,49,50). The van der Waals surface area contributed by atoms with Crippen LogP contribution < -0.4 is 10.6 Å². The maximum Gasteiger partial charge on any atom is 0.341 e. The lowest BCUT2D eigenvalue weighted by Gasteiger charge is -2.27. The van der Waals surface area contributed by atoms with E-state index in [2.05, 4.69) is 27.7 Å². The van der Waals surface area contributed by atoms with Gasteiger partial charge in [0.05, 0.1) is 43.4 Å². The van der Waals surface area contributed by atoms with Crippen molar-refractivity contribution in [3.63, 3.8) is 0 Å². The molecule has 0 bridgehead atoms. The molecule has 4 aromatic carbocycles. The van der Waals surface area contributed by atoms with Crippen molar-refractivity contribution in [3.05, 3.63) is 143 Å². The summed E-state index contributed by atoms with van der Waals surface area (Å²) in [6.07, 6.45) is 0.631. The molecule has 1 unspecified atom stereocenters. The number of amides is 2. The van der Waals surface area contributed by atoms with Crippen molar-refractivity contribution in [1.82, 2.24) is 4.90 Å². The number of carbonyl (C=O) groups excluding carboxylic acids is 3. The summed E-state index contributed by atoms with van der Waals surface area (Å²) in [5.74, 6) is -3.25. The van der Waals surface area contributed by atoms with Gasteiger partial charge in [0, 0.05) is 35.1 Å². The Morgan fingerprint density at radius 2 is 1.52 bits per heavy atom. The molecule has 0 spiro atoms. The first-order chi connectivity index (χ1) is 26.0. The van der Waals surface area contributed by atoms with E-state index in [0.717, 1.165) is 23.5 Å². The molecule has 0 fully saturated rings. The highest BCUT2D eigenvalue weighted by Crippen LogP contribution is 2.43. The molecule has 1 aromatic heterocycles. The molecular formula is C39H31Cl4N3O6S2. The highest BCUT2D eigenvalue weighted by molar-refractivity contribution is 8.00. The van der Waals surface area contributed by atoms with E-state index in [1.165, 1.54) is 28.7 Å². The molecule has 1 aliphatic heterocycles. The molecule has 3 N–H and O–H groups in total. The minimum atomic E-state index is -1.52. The second kappa shape index (κ2) is 17.6. The van der Waals surface area contributed by atoms with Crippen molar-refractivity contribution in [2.24, 2.45) is 0 Å². The van der Waals surface area contributed by atoms with Gasteiger partial charge in [-0.25, -0.2) is 9.59 Å². The second-order valence-corrected chi connectivity index (χ2v) is 15.9. The van der Waals surface area contributed by atoms with Gasteiger partial charge in [-0.3, -0.25) is 14.5 Å². The van der Waals surface area contributed by atoms with Crippen LogP contribution >= 0.6 is 69.5 Å². The van der Waals surface area contributed by atoms with Crippen molar-refractivity contribution < 1.29 is 29.0 Å². The van der Waals surface area contributed by atoms with Gasteiger partial charge in [-0.05, 0) is 48.2 Å². The number of thioether (sulfide) groups is 1. The lowest BCUT2D eigenvalue weighted by atomic mass is 10.0. The highest BCUT2D eigenvalue weighted by Gasteiger charge is 2.32. The number of nitrogens with one attached hydrogen (secondary N) is 2. The van der Waals surface area contributed by atoms with Crippen LogP contribution in [-0.2, 0) is 29.0 Å². The van der Waals surface area contributed by atoms with Crippen LogP contribution in [0.1, 0.15) is 64.8 Å². The van der Waals surface area contributed by atoms with Crippen molar-refractivity contribution in [3.8, 4) is 0 Å². The van der Waals surface area contributed by atoms with Crippen LogP contribution in [0, 0.1) is 0 Å². The molecule has 15 heteroatoms. The third-order valence-corrected chi connectivity index (χ3v) is 12.7. The van der Waals surface area contributed by atoms with Crippen LogP contribution in [-0.4, -0.2) is 46.9 Å². The fourth-order valence-electron chi connectivity index (χ4n) is 6.04. The smallest absolute Gasteiger partial charge is 0.341 e. The molecule has 9 nitrogen and oxygen atoms in total. The van der Waals surface area contributed by atoms with Crippen molar-refractivity contribution in [2.75, 3.05) is 23.8 Å². The number of halogens is 4. The minimum absolute atomic E-state index is 0.189. The number of aromatic carboxylic acids is 1. The van der Waals surface area contributed by atoms with E-state index in [9.17, 15) is 24.3 Å². The zero-order valence-corrected chi connectivity index (χ0v) is 33.1. The van der Waals surface area contributed by atoms with E-state index in [0.29, 0.717) is 34.0 Å². The predicted molar refractivity (Wildman–Crippen MR) is 216 cm³/mol. The lowest BCUT2D eigenvalue weighted by molar-refractivity contribution is -0.115. The lowest BCUT2D eigenvalue weighted by Crippen LogP contribution is -2.30.